The average Bonchev–Trinajstić information content (AvgIpc) is 2.56. The smallest absolute Gasteiger partial charge is 0.410 e. The molecule has 0 radical (unpaired) electrons. The Kier molecular flexibility index (Phi) is 4.59. The van der Waals surface area contributed by atoms with Gasteiger partial charge < -0.3 is 15.2 Å². The van der Waals surface area contributed by atoms with Crippen LogP contribution in [0.2, 0.25) is 0 Å². The number of carbonyl (C=O) groups is 1. The van der Waals surface area contributed by atoms with Crippen LogP contribution in [0.4, 0.5) is 4.79 Å². The third kappa shape index (κ3) is 3.74. The molecule has 1 aromatic carbocycles. The van der Waals surface area contributed by atoms with Gasteiger partial charge in [-0.05, 0) is 25.0 Å². The molecule has 4 heteroatoms. The lowest BCUT2D eigenvalue weighted by Crippen LogP contribution is -2.43. The van der Waals surface area contributed by atoms with Crippen molar-refractivity contribution in [1.29, 1.82) is 0 Å². The van der Waals surface area contributed by atoms with E-state index in [-0.39, 0.29) is 6.04 Å². The number of nitrogens with one attached hydrogen (secondary N) is 1. The van der Waals surface area contributed by atoms with E-state index in [0.717, 1.165) is 32.1 Å². The molecule has 1 fully saturated rings. The van der Waals surface area contributed by atoms with Crippen LogP contribution >= 0.6 is 0 Å². The highest BCUT2D eigenvalue weighted by atomic mass is 16.6. The Hall–Kier alpha value is -1.55. The van der Waals surface area contributed by atoms with E-state index in [1.165, 1.54) is 0 Å². The summed E-state index contributed by atoms with van der Waals surface area (Å²) < 4.78 is 5.15. The number of para-hydroxylation sites is 1. The second-order valence-electron chi connectivity index (χ2n) is 4.66. The largest absolute Gasteiger partial charge is 0.412 e. The molecule has 4 nitrogen and oxygen atoms in total. The molecule has 1 aromatic rings. The number of benzene rings is 1. The molecule has 1 saturated carbocycles. The van der Waals surface area contributed by atoms with Crippen molar-refractivity contribution in [3.8, 4) is 5.75 Å². The van der Waals surface area contributed by atoms with Crippen LogP contribution in [0.3, 0.4) is 0 Å². The Balaban J connectivity index is 1.86. The summed E-state index contributed by atoms with van der Waals surface area (Å²) in [5.74, 6) is 0.512. The monoisotopic (exact) mass is 249 g/mol. The fourth-order valence-corrected chi connectivity index (χ4v) is 2.23. The van der Waals surface area contributed by atoms with Crippen molar-refractivity contribution in [2.24, 2.45) is 0 Å². The quantitative estimate of drug-likeness (QED) is 0.792. The first-order valence-electron chi connectivity index (χ1n) is 6.47. The van der Waals surface area contributed by atoms with Crippen molar-refractivity contribution in [3.63, 3.8) is 0 Å². The summed E-state index contributed by atoms with van der Waals surface area (Å²) in [6, 6.07) is 8.74. The molecule has 98 valence electrons. The third-order valence-electron chi connectivity index (χ3n) is 3.24. The Bertz CT molecular complexity index is 380. The zero-order valence-corrected chi connectivity index (χ0v) is 10.3. The maximum atomic E-state index is 11.7. The van der Waals surface area contributed by atoms with Gasteiger partial charge in [-0.25, -0.2) is 4.79 Å². The van der Waals surface area contributed by atoms with Gasteiger partial charge in [0.05, 0.1) is 12.1 Å². The molecule has 2 N–H and O–H groups in total. The van der Waals surface area contributed by atoms with E-state index in [1.54, 1.807) is 12.1 Å². The van der Waals surface area contributed by atoms with Crippen LogP contribution < -0.4 is 10.1 Å². The minimum Gasteiger partial charge on any atom is -0.410 e. The maximum absolute atomic E-state index is 11.7. The number of hydrogen-bond donors (Lipinski definition) is 2. The zero-order chi connectivity index (χ0) is 12.8. The first kappa shape index (κ1) is 12.9. The van der Waals surface area contributed by atoms with Crippen molar-refractivity contribution in [2.75, 3.05) is 0 Å². The Morgan fingerprint density at radius 2 is 1.89 bits per heavy atom. The van der Waals surface area contributed by atoms with Gasteiger partial charge in [-0.1, -0.05) is 37.5 Å². The number of carbonyl (C=O) groups excluding carboxylic acids is 1. The number of rotatable bonds is 2. The molecule has 0 aromatic heterocycles. The van der Waals surface area contributed by atoms with E-state index in [1.807, 2.05) is 18.2 Å². The molecule has 1 aliphatic carbocycles. The summed E-state index contributed by atoms with van der Waals surface area (Å²) in [5.41, 5.74) is 0. The summed E-state index contributed by atoms with van der Waals surface area (Å²) in [5, 5.41) is 12.6. The lowest BCUT2D eigenvalue weighted by Gasteiger charge is -2.21. The van der Waals surface area contributed by atoms with Gasteiger partial charge >= 0.3 is 6.09 Å². The molecule has 0 heterocycles. The van der Waals surface area contributed by atoms with Crippen molar-refractivity contribution in [2.45, 2.75) is 44.2 Å². The average molecular weight is 249 g/mol. The van der Waals surface area contributed by atoms with Gasteiger partial charge in [0.15, 0.2) is 0 Å². The van der Waals surface area contributed by atoms with Crippen LogP contribution in [0.1, 0.15) is 32.1 Å². The highest BCUT2D eigenvalue weighted by Gasteiger charge is 2.23. The van der Waals surface area contributed by atoms with Crippen LogP contribution in [0.15, 0.2) is 30.3 Å². The SMILES string of the molecule is O=C(NC1CCCCCC1O)Oc1ccccc1. The van der Waals surface area contributed by atoms with Crippen LogP contribution in [0.25, 0.3) is 0 Å². The standard InChI is InChI=1S/C14H19NO3/c16-13-10-6-2-5-9-12(13)15-14(17)18-11-7-3-1-4-8-11/h1,3-4,7-8,12-13,16H,2,5-6,9-10H2,(H,15,17). The Labute approximate surface area is 107 Å². The Morgan fingerprint density at radius 1 is 1.17 bits per heavy atom. The molecule has 18 heavy (non-hydrogen) atoms. The van der Waals surface area contributed by atoms with E-state index >= 15 is 0 Å². The predicted molar refractivity (Wildman–Crippen MR) is 68.5 cm³/mol. The molecular formula is C14H19NO3. The molecule has 2 unspecified atom stereocenters. The van der Waals surface area contributed by atoms with Gasteiger partial charge in [0.1, 0.15) is 5.75 Å². The number of amides is 1. The van der Waals surface area contributed by atoms with Crippen molar-refractivity contribution < 1.29 is 14.6 Å². The number of aliphatic hydroxyl groups excluding tert-OH is 1. The van der Waals surface area contributed by atoms with Gasteiger partial charge in [0, 0.05) is 0 Å². The molecule has 2 atom stereocenters. The minimum atomic E-state index is -0.493. The minimum absolute atomic E-state index is 0.191. The second-order valence-corrected chi connectivity index (χ2v) is 4.66. The van der Waals surface area contributed by atoms with Crippen molar-refractivity contribution >= 4 is 6.09 Å². The summed E-state index contributed by atoms with van der Waals surface area (Å²) in [7, 11) is 0. The maximum Gasteiger partial charge on any atom is 0.412 e. The van der Waals surface area contributed by atoms with E-state index < -0.39 is 12.2 Å². The normalized spacial score (nSPS) is 24.1. The number of hydrogen-bond acceptors (Lipinski definition) is 3. The summed E-state index contributed by atoms with van der Waals surface area (Å²) in [4.78, 5) is 11.7. The molecular weight excluding hydrogens is 230 g/mol. The van der Waals surface area contributed by atoms with Gasteiger partial charge in [0.25, 0.3) is 0 Å². The topological polar surface area (TPSA) is 58.6 Å². The zero-order valence-electron chi connectivity index (χ0n) is 10.3. The van der Waals surface area contributed by atoms with Gasteiger partial charge in [-0.3, -0.25) is 0 Å². The van der Waals surface area contributed by atoms with Crippen molar-refractivity contribution in [1.82, 2.24) is 5.32 Å². The molecule has 2 rings (SSSR count). The third-order valence-corrected chi connectivity index (χ3v) is 3.24. The van der Waals surface area contributed by atoms with E-state index in [4.69, 9.17) is 4.74 Å². The molecule has 0 aliphatic heterocycles. The second kappa shape index (κ2) is 6.40. The fraction of sp³-hybridized carbons (Fsp3) is 0.500. The number of aliphatic hydroxyl groups is 1. The van der Waals surface area contributed by atoms with E-state index in [0.29, 0.717) is 5.75 Å². The van der Waals surface area contributed by atoms with Crippen LogP contribution in [-0.2, 0) is 0 Å². The molecule has 0 bridgehead atoms. The van der Waals surface area contributed by atoms with Gasteiger partial charge in [-0.2, -0.15) is 0 Å². The van der Waals surface area contributed by atoms with Gasteiger partial charge in [0.2, 0.25) is 0 Å². The van der Waals surface area contributed by atoms with Crippen LogP contribution in [0.5, 0.6) is 5.75 Å². The molecule has 0 spiro atoms. The highest BCUT2D eigenvalue weighted by Crippen LogP contribution is 2.18. The van der Waals surface area contributed by atoms with Crippen molar-refractivity contribution in [3.05, 3.63) is 30.3 Å². The van der Waals surface area contributed by atoms with Crippen LogP contribution in [0, 0.1) is 0 Å². The summed E-state index contributed by atoms with van der Waals surface area (Å²) >= 11 is 0. The number of ether oxygens (including phenoxy) is 1. The van der Waals surface area contributed by atoms with E-state index in [9.17, 15) is 9.90 Å². The van der Waals surface area contributed by atoms with E-state index in [2.05, 4.69) is 5.32 Å². The van der Waals surface area contributed by atoms with Gasteiger partial charge in [-0.15, -0.1) is 0 Å². The lowest BCUT2D eigenvalue weighted by molar-refractivity contribution is 0.115. The highest BCUT2D eigenvalue weighted by molar-refractivity contribution is 5.70. The molecule has 1 amide bonds. The lowest BCUT2D eigenvalue weighted by atomic mass is 10.1. The Morgan fingerprint density at radius 3 is 2.67 bits per heavy atom. The first-order valence-corrected chi connectivity index (χ1v) is 6.47. The first-order chi connectivity index (χ1) is 8.75. The summed E-state index contributed by atoms with van der Waals surface area (Å²) in [6.07, 6.45) is 3.77. The molecule has 0 saturated heterocycles. The van der Waals surface area contributed by atoms with Crippen LogP contribution in [-0.4, -0.2) is 23.3 Å². The fourth-order valence-electron chi connectivity index (χ4n) is 2.23. The summed E-state index contributed by atoms with van der Waals surface area (Å²) in [6.45, 7) is 0. The predicted octanol–water partition coefficient (Wildman–Crippen LogP) is 2.47. The molecule has 1 aliphatic rings.